The van der Waals surface area contributed by atoms with Crippen LogP contribution in [-0.4, -0.2) is 16.8 Å². The van der Waals surface area contributed by atoms with Crippen LogP contribution in [-0.2, 0) is 9.59 Å². The molecule has 0 aliphatic heterocycles. The van der Waals surface area contributed by atoms with Crippen LogP contribution in [0.3, 0.4) is 0 Å². The van der Waals surface area contributed by atoms with Crippen molar-refractivity contribution in [1.29, 1.82) is 0 Å². The fraction of sp³-hybridized carbons (Fsp3) is 0.400. The molecular formula is C15H19N3O2S. The summed E-state index contributed by atoms with van der Waals surface area (Å²) < 4.78 is 0.982. The average molecular weight is 305 g/mol. The number of carbonyl (C=O) groups is 2. The fourth-order valence-electron chi connectivity index (χ4n) is 1.92. The number of amides is 2. The zero-order valence-electron chi connectivity index (χ0n) is 12.2. The minimum absolute atomic E-state index is 0.00329. The Bertz CT molecular complexity index is 633. The van der Waals surface area contributed by atoms with E-state index in [1.54, 1.807) is 0 Å². The molecule has 0 fully saturated rings. The number of thiazole rings is 1. The van der Waals surface area contributed by atoms with Crippen molar-refractivity contribution in [2.45, 2.75) is 39.5 Å². The third-order valence-corrected chi connectivity index (χ3v) is 3.82. The molecule has 0 unspecified atom stereocenters. The normalized spacial score (nSPS) is 10.6. The van der Waals surface area contributed by atoms with Gasteiger partial charge in [-0.3, -0.25) is 9.59 Å². The van der Waals surface area contributed by atoms with Crippen LogP contribution in [0, 0.1) is 0 Å². The predicted octanol–water partition coefficient (Wildman–Crippen LogP) is 3.77. The van der Waals surface area contributed by atoms with Crippen molar-refractivity contribution in [2.24, 2.45) is 0 Å². The molecule has 0 bridgehead atoms. The van der Waals surface area contributed by atoms with E-state index in [1.165, 1.54) is 11.3 Å². The Morgan fingerprint density at radius 3 is 2.43 bits per heavy atom. The van der Waals surface area contributed by atoms with Crippen molar-refractivity contribution in [3.63, 3.8) is 0 Å². The predicted molar refractivity (Wildman–Crippen MR) is 86.7 cm³/mol. The largest absolute Gasteiger partial charge is 0.326 e. The highest BCUT2D eigenvalue weighted by Gasteiger charge is 2.08. The van der Waals surface area contributed by atoms with Crippen LogP contribution >= 0.6 is 11.3 Å². The maximum atomic E-state index is 11.6. The Balaban J connectivity index is 2.12. The first-order valence-corrected chi connectivity index (χ1v) is 7.94. The van der Waals surface area contributed by atoms with Gasteiger partial charge in [0.05, 0.1) is 10.2 Å². The number of benzene rings is 1. The molecule has 2 amide bonds. The van der Waals surface area contributed by atoms with E-state index in [0.29, 0.717) is 18.0 Å². The summed E-state index contributed by atoms with van der Waals surface area (Å²) in [5, 5.41) is 6.24. The van der Waals surface area contributed by atoms with Gasteiger partial charge in [-0.05, 0) is 31.0 Å². The number of rotatable bonds is 6. The monoisotopic (exact) mass is 305 g/mol. The van der Waals surface area contributed by atoms with Crippen LogP contribution in [0.5, 0.6) is 0 Å². The summed E-state index contributed by atoms with van der Waals surface area (Å²) in [6, 6.07) is 5.59. The van der Waals surface area contributed by atoms with E-state index in [1.807, 2.05) is 32.0 Å². The fourth-order valence-corrected chi connectivity index (χ4v) is 2.78. The Kier molecular flexibility index (Phi) is 5.27. The number of nitrogens with zero attached hydrogens (tertiary/aromatic N) is 1. The van der Waals surface area contributed by atoms with Gasteiger partial charge in [-0.15, -0.1) is 0 Å². The Morgan fingerprint density at radius 2 is 1.76 bits per heavy atom. The van der Waals surface area contributed by atoms with Gasteiger partial charge >= 0.3 is 0 Å². The molecule has 0 spiro atoms. The zero-order valence-corrected chi connectivity index (χ0v) is 13.0. The maximum absolute atomic E-state index is 11.6. The molecular weight excluding hydrogens is 286 g/mol. The lowest BCUT2D eigenvalue weighted by Gasteiger charge is -2.03. The lowest BCUT2D eigenvalue weighted by atomic mass is 10.2. The van der Waals surface area contributed by atoms with Crippen LogP contribution in [0.25, 0.3) is 10.2 Å². The van der Waals surface area contributed by atoms with Crippen molar-refractivity contribution >= 4 is 44.2 Å². The van der Waals surface area contributed by atoms with Gasteiger partial charge in [-0.1, -0.05) is 25.2 Å². The second-order valence-corrected chi connectivity index (χ2v) is 5.83. The lowest BCUT2D eigenvalue weighted by molar-refractivity contribution is -0.117. The molecule has 0 saturated heterocycles. The van der Waals surface area contributed by atoms with E-state index in [0.717, 1.165) is 28.7 Å². The number of nitrogens with one attached hydrogen (secondary N) is 2. The molecule has 2 N–H and O–H groups in total. The maximum Gasteiger partial charge on any atom is 0.226 e. The number of hydrogen-bond acceptors (Lipinski definition) is 4. The van der Waals surface area contributed by atoms with Crippen molar-refractivity contribution in [1.82, 2.24) is 4.98 Å². The first-order chi connectivity index (χ1) is 10.1. The molecule has 0 radical (unpaired) electrons. The Morgan fingerprint density at radius 1 is 1.10 bits per heavy atom. The van der Waals surface area contributed by atoms with Gasteiger partial charge < -0.3 is 10.6 Å². The number of anilines is 2. The van der Waals surface area contributed by atoms with E-state index in [2.05, 4.69) is 15.6 Å². The average Bonchev–Trinajstić information content (AvgIpc) is 2.80. The molecule has 112 valence electrons. The van der Waals surface area contributed by atoms with Crippen molar-refractivity contribution in [2.75, 3.05) is 10.6 Å². The third-order valence-electron chi connectivity index (χ3n) is 2.87. The standard InChI is InChI=1S/C15H19N3O2S/c1-3-5-13(19)16-10-7-8-12-11(9-10)17-15(21-12)18-14(20)6-4-2/h7-9H,3-6H2,1-2H3,(H,16,19)(H,17,18,20). The highest BCUT2D eigenvalue weighted by Crippen LogP contribution is 2.28. The molecule has 2 aromatic rings. The van der Waals surface area contributed by atoms with Gasteiger partial charge in [0.1, 0.15) is 0 Å². The summed E-state index contributed by atoms with van der Waals surface area (Å²) in [4.78, 5) is 27.5. The van der Waals surface area contributed by atoms with Crippen LogP contribution in [0.2, 0.25) is 0 Å². The van der Waals surface area contributed by atoms with Gasteiger partial charge in [-0.25, -0.2) is 4.98 Å². The minimum atomic E-state index is -0.0203. The van der Waals surface area contributed by atoms with Gasteiger partial charge in [-0.2, -0.15) is 0 Å². The molecule has 0 saturated carbocycles. The molecule has 5 nitrogen and oxygen atoms in total. The Labute approximate surface area is 127 Å². The van der Waals surface area contributed by atoms with Crippen molar-refractivity contribution in [3.8, 4) is 0 Å². The van der Waals surface area contributed by atoms with Gasteiger partial charge in [0.25, 0.3) is 0 Å². The first kappa shape index (κ1) is 15.4. The number of aromatic nitrogens is 1. The molecule has 0 aliphatic carbocycles. The van der Waals surface area contributed by atoms with Gasteiger partial charge in [0, 0.05) is 18.5 Å². The number of fused-ring (bicyclic) bond motifs is 1. The molecule has 0 aliphatic rings. The lowest BCUT2D eigenvalue weighted by Crippen LogP contribution is -2.10. The topological polar surface area (TPSA) is 71.1 Å². The van der Waals surface area contributed by atoms with Crippen molar-refractivity contribution in [3.05, 3.63) is 18.2 Å². The van der Waals surface area contributed by atoms with E-state index >= 15 is 0 Å². The molecule has 1 aromatic heterocycles. The zero-order chi connectivity index (χ0) is 15.2. The summed E-state index contributed by atoms with van der Waals surface area (Å²) in [7, 11) is 0. The first-order valence-electron chi connectivity index (χ1n) is 7.12. The third kappa shape index (κ3) is 4.26. The minimum Gasteiger partial charge on any atom is -0.326 e. The summed E-state index contributed by atoms with van der Waals surface area (Å²) in [5.74, 6) is -0.0171. The summed E-state index contributed by atoms with van der Waals surface area (Å²) >= 11 is 1.43. The number of hydrogen-bond donors (Lipinski definition) is 2. The molecule has 2 rings (SSSR count). The number of carbonyl (C=O) groups excluding carboxylic acids is 2. The van der Waals surface area contributed by atoms with Crippen LogP contribution < -0.4 is 10.6 Å². The second kappa shape index (κ2) is 7.17. The molecule has 1 heterocycles. The van der Waals surface area contributed by atoms with Crippen LogP contribution in [0.15, 0.2) is 18.2 Å². The second-order valence-electron chi connectivity index (χ2n) is 4.80. The van der Waals surface area contributed by atoms with E-state index in [4.69, 9.17) is 0 Å². The van der Waals surface area contributed by atoms with Gasteiger partial charge in [0.15, 0.2) is 5.13 Å². The highest BCUT2D eigenvalue weighted by atomic mass is 32.1. The quantitative estimate of drug-likeness (QED) is 0.853. The van der Waals surface area contributed by atoms with Crippen molar-refractivity contribution < 1.29 is 9.59 Å². The molecule has 1 aromatic carbocycles. The molecule has 6 heteroatoms. The van der Waals surface area contributed by atoms with E-state index in [-0.39, 0.29) is 11.8 Å². The highest BCUT2D eigenvalue weighted by molar-refractivity contribution is 7.22. The Hall–Kier alpha value is -1.95. The van der Waals surface area contributed by atoms with E-state index in [9.17, 15) is 9.59 Å². The molecule has 0 atom stereocenters. The van der Waals surface area contributed by atoms with Crippen LogP contribution in [0.4, 0.5) is 10.8 Å². The molecule has 21 heavy (non-hydrogen) atoms. The smallest absolute Gasteiger partial charge is 0.226 e. The van der Waals surface area contributed by atoms with Crippen LogP contribution in [0.1, 0.15) is 39.5 Å². The summed E-state index contributed by atoms with van der Waals surface area (Å²) in [6.07, 6.45) is 2.63. The summed E-state index contributed by atoms with van der Waals surface area (Å²) in [6.45, 7) is 3.93. The van der Waals surface area contributed by atoms with Gasteiger partial charge in [0.2, 0.25) is 11.8 Å². The van der Waals surface area contributed by atoms with E-state index < -0.39 is 0 Å². The SMILES string of the molecule is CCCC(=O)Nc1ccc2sc(NC(=O)CCC)nc2c1. The summed E-state index contributed by atoms with van der Waals surface area (Å²) in [5.41, 5.74) is 1.51.